The van der Waals surface area contributed by atoms with E-state index in [2.05, 4.69) is 5.10 Å². The van der Waals surface area contributed by atoms with Crippen LogP contribution in [0.3, 0.4) is 0 Å². The van der Waals surface area contributed by atoms with E-state index < -0.39 is 15.9 Å². The van der Waals surface area contributed by atoms with E-state index in [9.17, 15) is 18.0 Å². The summed E-state index contributed by atoms with van der Waals surface area (Å²) < 4.78 is 23.5. The van der Waals surface area contributed by atoms with Gasteiger partial charge in [-0.2, -0.15) is 5.10 Å². The number of nitrogens with zero attached hydrogens (tertiary/aromatic N) is 3. The average molecular weight is 391 g/mol. The zero-order valence-corrected chi connectivity index (χ0v) is 16.3. The molecule has 0 bridgehead atoms. The molecule has 1 saturated heterocycles. The van der Waals surface area contributed by atoms with Gasteiger partial charge in [0.25, 0.3) is 5.91 Å². The molecule has 2 aliphatic heterocycles. The maximum atomic E-state index is 13.0. The molecule has 0 aromatic heterocycles. The highest BCUT2D eigenvalue weighted by Gasteiger charge is 2.37. The van der Waals surface area contributed by atoms with Crippen molar-refractivity contribution in [2.75, 3.05) is 18.1 Å². The van der Waals surface area contributed by atoms with Gasteiger partial charge in [0.15, 0.2) is 9.84 Å². The van der Waals surface area contributed by atoms with E-state index in [-0.39, 0.29) is 29.7 Å². The fraction of sp³-hybridized carbons (Fsp3) is 0.526. The topological polar surface area (TPSA) is 87.1 Å². The summed E-state index contributed by atoms with van der Waals surface area (Å²) in [6.45, 7) is 3.09. The summed E-state index contributed by atoms with van der Waals surface area (Å²) in [5, 5.41) is 5.54. The Morgan fingerprint density at radius 2 is 2.00 bits per heavy atom. The first-order valence-electron chi connectivity index (χ1n) is 9.33. The molecule has 0 saturated carbocycles. The number of carbonyl (C=O) groups excluding carboxylic acids is 2. The van der Waals surface area contributed by atoms with Gasteiger partial charge in [-0.25, -0.2) is 13.4 Å². The maximum absolute atomic E-state index is 13.0. The lowest BCUT2D eigenvalue weighted by molar-refractivity contribution is -0.134. The normalized spacial score (nSPS) is 21.8. The van der Waals surface area contributed by atoms with Crippen LogP contribution in [-0.2, 0) is 26.0 Å². The Balaban J connectivity index is 1.78. The summed E-state index contributed by atoms with van der Waals surface area (Å²) in [5.41, 5.74) is 1.37. The van der Waals surface area contributed by atoms with Crippen LogP contribution in [0.15, 0.2) is 35.4 Å². The number of rotatable bonds is 6. The van der Waals surface area contributed by atoms with E-state index in [1.807, 2.05) is 37.3 Å². The molecule has 1 aromatic rings. The Morgan fingerprint density at radius 3 is 2.63 bits per heavy atom. The molecule has 0 aliphatic carbocycles. The van der Waals surface area contributed by atoms with E-state index in [1.54, 1.807) is 4.90 Å². The van der Waals surface area contributed by atoms with Gasteiger partial charge in [-0.3, -0.25) is 9.59 Å². The molecule has 2 amide bonds. The highest BCUT2D eigenvalue weighted by molar-refractivity contribution is 7.91. The van der Waals surface area contributed by atoms with E-state index in [4.69, 9.17) is 0 Å². The third-order valence-corrected chi connectivity index (χ3v) is 6.61. The highest BCUT2D eigenvalue weighted by Crippen LogP contribution is 2.23. The van der Waals surface area contributed by atoms with Crippen LogP contribution >= 0.6 is 0 Å². The molecule has 7 nitrogen and oxygen atoms in total. The second-order valence-corrected chi connectivity index (χ2v) is 9.28. The van der Waals surface area contributed by atoms with Crippen molar-refractivity contribution in [3.8, 4) is 0 Å². The second kappa shape index (κ2) is 8.21. The summed E-state index contributed by atoms with van der Waals surface area (Å²) in [6, 6.07) is 9.28. The standard InChI is InChI=1S/C19H25N3O4S/c1-2-11-21(13-15-6-4-3-5-7-15)19(24)17-8-9-18(23)22(20-17)16-10-12-27(25,26)14-16/h3-7,16H,2,8-14H2,1H3. The predicted molar refractivity (Wildman–Crippen MR) is 103 cm³/mol. The molecule has 2 heterocycles. The second-order valence-electron chi connectivity index (χ2n) is 7.05. The Labute approximate surface area is 159 Å². The van der Waals surface area contributed by atoms with Crippen molar-refractivity contribution >= 4 is 27.4 Å². The highest BCUT2D eigenvalue weighted by atomic mass is 32.2. The zero-order valence-electron chi connectivity index (χ0n) is 15.5. The molecule has 27 heavy (non-hydrogen) atoms. The van der Waals surface area contributed by atoms with Crippen LogP contribution in [0.2, 0.25) is 0 Å². The first kappa shape index (κ1) is 19.5. The summed E-state index contributed by atoms with van der Waals surface area (Å²) >= 11 is 0. The van der Waals surface area contributed by atoms with Gasteiger partial charge < -0.3 is 4.90 Å². The molecule has 146 valence electrons. The molecule has 2 aliphatic rings. The summed E-state index contributed by atoms with van der Waals surface area (Å²) in [7, 11) is -3.13. The summed E-state index contributed by atoms with van der Waals surface area (Å²) in [5.74, 6) is -0.402. The number of carbonyl (C=O) groups is 2. The summed E-state index contributed by atoms with van der Waals surface area (Å²) in [4.78, 5) is 27.0. The van der Waals surface area contributed by atoms with Gasteiger partial charge in [0.1, 0.15) is 5.71 Å². The molecule has 1 aromatic carbocycles. The molecule has 0 N–H and O–H groups in total. The quantitative estimate of drug-likeness (QED) is 0.737. The predicted octanol–water partition coefficient (Wildman–Crippen LogP) is 1.59. The van der Waals surface area contributed by atoms with Crippen molar-refractivity contribution in [2.24, 2.45) is 5.10 Å². The Morgan fingerprint density at radius 1 is 1.26 bits per heavy atom. The first-order valence-corrected chi connectivity index (χ1v) is 11.1. The number of benzene rings is 1. The number of hydrogen-bond donors (Lipinski definition) is 0. The van der Waals surface area contributed by atoms with Crippen LogP contribution in [0, 0.1) is 0 Å². The molecular formula is C19H25N3O4S. The van der Waals surface area contributed by atoms with Crippen molar-refractivity contribution in [1.29, 1.82) is 0 Å². The number of sulfone groups is 1. The van der Waals surface area contributed by atoms with Gasteiger partial charge >= 0.3 is 0 Å². The number of hydrogen-bond acceptors (Lipinski definition) is 5. The van der Waals surface area contributed by atoms with Crippen LogP contribution in [0.4, 0.5) is 0 Å². The van der Waals surface area contributed by atoms with Gasteiger partial charge in [0, 0.05) is 25.9 Å². The summed E-state index contributed by atoms with van der Waals surface area (Å²) in [6.07, 6.45) is 1.67. The lowest BCUT2D eigenvalue weighted by atomic mass is 10.1. The SMILES string of the molecule is CCCN(Cc1ccccc1)C(=O)C1=NN(C2CCS(=O)(=O)C2)C(=O)CC1. The van der Waals surface area contributed by atoms with E-state index in [0.29, 0.717) is 31.6 Å². The van der Waals surface area contributed by atoms with Crippen molar-refractivity contribution in [1.82, 2.24) is 9.91 Å². The van der Waals surface area contributed by atoms with Crippen LogP contribution < -0.4 is 0 Å². The van der Waals surface area contributed by atoms with Gasteiger partial charge in [-0.05, 0) is 18.4 Å². The van der Waals surface area contributed by atoms with Crippen molar-refractivity contribution in [3.05, 3.63) is 35.9 Å². The minimum atomic E-state index is -3.13. The third kappa shape index (κ3) is 4.74. The maximum Gasteiger partial charge on any atom is 0.270 e. The van der Waals surface area contributed by atoms with Gasteiger partial charge in [0.2, 0.25) is 5.91 Å². The number of hydrazone groups is 1. The van der Waals surface area contributed by atoms with E-state index in [0.717, 1.165) is 12.0 Å². The van der Waals surface area contributed by atoms with Crippen LogP contribution in [-0.4, -0.2) is 59.9 Å². The minimum absolute atomic E-state index is 0.0657. The van der Waals surface area contributed by atoms with Crippen LogP contribution in [0.5, 0.6) is 0 Å². The van der Waals surface area contributed by atoms with Crippen LogP contribution in [0.1, 0.15) is 38.2 Å². The van der Waals surface area contributed by atoms with E-state index in [1.165, 1.54) is 5.01 Å². The van der Waals surface area contributed by atoms with E-state index >= 15 is 0 Å². The largest absolute Gasteiger partial charge is 0.333 e. The average Bonchev–Trinajstić information content (AvgIpc) is 3.02. The lowest BCUT2D eigenvalue weighted by Gasteiger charge is -2.30. The monoisotopic (exact) mass is 391 g/mol. The fourth-order valence-corrected chi connectivity index (χ4v) is 5.18. The van der Waals surface area contributed by atoms with Gasteiger partial charge in [0.05, 0.1) is 17.5 Å². The Kier molecular flexibility index (Phi) is 5.94. The number of amides is 2. The van der Waals surface area contributed by atoms with Crippen molar-refractivity contribution in [2.45, 2.75) is 45.2 Å². The smallest absolute Gasteiger partial charge is 0.270 e. The molecule has 1 fully saturated rings. The molecule has 1 unspecified atom stereocenters. The molecule has 1 atom stereocenters. The molecule has 3 rings (SSSR count). The Bertz CT molecular complexity index is 836. The van der Waals surface area contributed by atoms with Crippen molar-refractivity contribution < 1.29 is 18.0 Å². The lowest BCUT2D eigenvalue weighted by Crippen LogP contribution is -2.45. The first-order chi connectivity index (χ1) is 12.9. The third-order valence-electron chi connectivity index (χ3n) is 4.86. The van der Waals surface area contributed by atoms with Gasteiger partial charge in [-0.1, -0.05) is 37.3 Å². The molecular weight excluding hydrogens is 366 g/mol. The zero-order chi connectivity index (χ0) is 19.4. The van der Waals surface area contributed by atoms with Gasteiger partial charge in [-0.15, -0.1) is 0 Å². The van der Waals surface area contributed by atoms with Crippen LogP contribution in [0.25, 0.3) is 0 Å². The fourth-order valence-electron chi connectivity index (χ4n) is 3.49. The molecule has 0 radical (unpaired) electrons. The molecule has 0 spiro atoms. The minimum Gasteiger partial charge on any atom is -0.333 e. The molecule has 8 heteroatoms. The van der Waals surface area contributed by atoms with Crippen molar-refractivity contribution in [3.63, 3.8) is 0 Å². The Hall–Kier alpha value is -2.22.